The molecule has 1 aliphatic heterocycles. The zero-order valence-electron chi connectivity index (χ0n) is 14.7. The normalized spacial score (nSPS) is 23.7. The van der Waals surface area contributed by atoms with Gasteiger partial charge in [-0.25, -0.2) is 4.79 Å². The van der Waals surface area contributed by atoms with Crippen LogP contribution in [0.4, 0.5) is 0 Å². The average Bonchev–Trinajstić information content (AvgIpc) is 2.94. The van der Waals surface area contributed by atoms with Crippen LogP contribution in [-0.2, 0) is 20.9 Å². The summed E-state index contributed by atoms with van der Waals surface area (Å²) in [5, 5.41) is 3.68. The van der Waals surface area contributed by atoms with Gasteiger partial charge in [0.1, 0.15) is 6.61 Å². The minimum atomic E-state index is -1.81. The molecule has 0 aliphatic carbocycles. The molecule has 1 amide bonds. The summed E-state index contributed by atoms with van der Waals surface area (Å²) in [6.07, 6.45) is 0.352. The molecule has 0 saturated carbocycles. The Balaban J connectivity index is 2.39. The van der Waals surface area contributed by atoms with E-state index in [1.807, 2.05) is 51.1 Å². The van der Waals surface area contributed by atoms with Gasteiger partial charge < -0.3 is 10.5 Å². The molecule has 8 heteroatoms. The molecule has 0 aromatic heterocycles. The standard InChI is InChI=1S/C17H23N5O3/c1-16(2,3)22-10-9-13(20-21-19)17(22,14(18)23)15(24)25-11-12-7-5-4-6-8-12/h4-8,13H,9-11H2,1-3H3,(H2,18,23)/t13?,17-/m0/s1. The quantitative estimate of drug-likeness (QED) is 0.289. The maximum Gasteiger partial charge on any atom is 0.337 e. The van der Waals surface area contributed by atoms with Gasteiger partial charge in [-0.2, -0.15) is 0 Å². The van der Waals surface area contributed by atoms with Gasteiger partial charge in [0.05, 0.1) is 6.04 Å². The predicted molar refractivity (Wildman–Crippen MR) is 92.2 cm³/mol. The van der Waals surface area contributed by atoms with Gasteiger partial charge in [0, 0.05) is 17.0 Å². The van der Waals surface area contributed by atoms with Crippen LogP contribution in [0.15, 0.2) is 35.4 Å². The number of primary amides is 1. The van der Waals surface area contributed by atoms with Crippen molar-refractivity contribution < 1.29 is 14.3 Å². The van der Waals surface area contributed by atoms with Gasteiger partial charge in [-0.05, 0) is 38.3 Å². The van der Waals surface area contributed by atoms with Crippen molar-refractivity contribution in [3.63, 3.8) is 0 Å². The van der Waals surface area contributed by atoms with Crippen LogP contribution in [0.3, 0.4) is 0 Å². The van der Waals surface area contributed by atoms with Gasteiger partial charge in [0.2, 0.25) is 11.4 Å². The van der Waals surface area contributed by atoms with Crippen molar-refractivity contribution in [2.24, 2.45) is 10.8 Å². The van der Waals surface area contributed by atoms with Crippen LogP contribution >= 0.6 is 0 Å². The number of benzene rings is 1. The van der Waals surface area contributed by atoms with Crippen molar-refractivity contribution in [3.05, 3.63) is 46.3 Å². The monoisotopic (exact) mass is 345 g/mol. The van der Waals surface area contributed by atoms with Gasteiger partial charge in [-0.1, -0.05) is 35.4 Å². The Morgan fingerprint density at radius 1 is 1.40 bits per heavy atom. The summed E-state index contributed by atoms with van der Waals surface area (Å²) in [6.45, 7) is 6.02. The summed E-state index contributed by atoms with van der Waals surface area (Å²) < 4.78 is 5.41. The number of ether oxygens (including phenoxy) is 1. The van der Waals surface area contributed by atoms with E-state index in [0.717, 1.165) is 5.56 Å². The first-order valence-corrected chi connectivity index (χ1v) is 8.07. The molecule has 1 fully saturated rings. The Morgan fingerprint density at radius 2 is 2.04 bits per heavy atom. The molecule has 1 unspecified atom stereocenters. The molecular weight excluding hydrogens is 322 g/mol. The number of esters is 1. The minimum absolute atomic E-state index is 0.00960. The molecule has 2 N–H and O–H groups in total. The van der Waals surface area contributed by atoms with E-state index in [0.29, 0.717) is 13.0 Å². The van der Waals surface area contributed by atoms with E-state index in [1.54, 1.807) is 4.90 Å². The molecule has 1 saturated heterocycles. The van der Waals surface area contributed by atoms with E-state index < -0.39 is 29.0 Å². The summed E-state index contributed by atoms with van der Waals surface area (Å²) in [4.78, 5) is 29.9. The molecular formula is C17H23N5O3. The lowest BCUT2D eigenvalue weighted by Gasteiger charge is -2.43. The summed E-state index contributed by atoms with van der Waals surface area (Å²) >= 11 is 0. The van der Waals surface area contributed by atoms with Gasteiger partial charge in [-0.3, -0.25) is 9.69 Å². The second-order valence-electron chi connectivity index (χ2n) is 7.02. The molecule has 25 heavy (non-hydrogen) atoms. The summed E-state index contributed by atoms with van der Waals surface area (Å²) in [5.74, 6) is -1.65. The Morgan fingerprint density at radius 3 is 2.56 bits per heavy atom. The van der Waals surface area contributed by atoms with E-state index in [-0.39, 0.29) is 6.61 Å². The fraction of sp³-hybridized carbons (Fsp3) is 0.529. The summed E-state index contributed by atoms with van der Waals surface area (Å²) in [6, 6.07) is 8.22. The number of likely N-dealkylation sites (tertiary alicyclic amines) is 1. The van der Waals surface area contributed by atoms with Gasteiger partial charge >= 0.3 is 5.97 Å². The largest absolute Gasteiger partial charge is 0.459 e. The second-order valence-corrected chi connectivity index (χ2v) is 7.02. The summed E-state index contributed by atoms with van der Waals surface area (Å²) in [5.41, 5.74) is 12.9. The van der Waals surface area contributed by atoms with Crippen molar-refractivity contribution in [2.75, 3.05) is 6.54 Å². The smallest absolute Gasteiger partial charge is 0.337 e. The van der Waals surface area contributed by atoms with E-state index >= 15 is 0 Å². The minimum Gasteiger partial charge on any atom is -0.459 e. The third-order valence-electron chi connectivity index (χ3n) is 4.43. The molecule has 0 radical (unpaired) electrons. The molecule has 1 aromatic carbocycles. The number of rotatable bonds is 5. The number of carbonyl (C=O) groups excluding carboxylic acids is 2. The first-order valence-electron chi connectivity index (χ1n) is 8.07. The van der Waals surface area contributed by atoms with E-state index in [2.05, 4.69) is 10.0 Å². The molecule has 2 atom stereocenters. The van der Waals surface area contributed by atoms with Crippen LogP contribution < -0.4 is 5.73 Å². The van der Waals surface area contributed by atoms with Crippen molar-refractivity contribution in [1.29, 1.82) is 0 Å². The molecule has 0 bridgehead atoms. The van der Waals surface area contributed by atoms with Crippen molar-refractivity contribution in [2.45, 2.75) is 50.9 Å². The molecule has 134 valence electrons. The van der Waals surface area contributed by atoms with Crippen LogP contribution in [-0.4, -0.2) is 40.4 Å². The lowest BCUT2D eigenvalue weighted by atomic mass is 9.87. The fourth-order valence-electron chi connectivity index (χ4n) is 3.36. The Kier molecular flexibility index (Phi) is 5.35. The molecule has 2 rings (SSSR count). The zero-order chi connectivity index (χ0) is 18.7. The average molecular weight is 345 g/mol. The van der Waals surface area contributed by atoms with Crippen LogP contribution in [0.5, 0.6) is 0 Å². The maximum atomic E-state index is 13.0. The molecule has 0 spiro atoms. The van der Waals surface area contributed by atoms with Crippen LogP contribution in [0, 0.1) is 0 Å². The van der Waals surface area contributed by atoms with Crippen LogP contribution in [0.1, 0.15) is 32.8 Å². The highest BCUT2D eigenvalue weighted by molar-refractivity contribution is 6.08. The van der Waals surface area contributed by atoms with Gasteiger partial charge in [0.15, 0.2) is 0 Å². The van der Waals surface area contributed by atoms with Crippen LogP contribution in [0.25, 0.3) is 10.4 Å². The maximum absolute atomic E-state index is 13.0. The molecule has 1 heterocycles. The third-order valence-corrected chi connectivity index (χ3v) is 4.43. The highest BCUT2D eigenvalue weighted by Gasteiger charge is 2.62. The van der Waals surface area contributed by atoms with Crippen molar-refractivity contribution >= 4 is 11.9 Å². The second kappa shape index (κ2) is 7.13. The van der Waals surface area contributed by atoms with Crippen LogP contribution in [0.2, 0.25) is 0 Å². The fourth-order valence-corrected chi connectivity index (χ4v) is 3.36. The Hall–Kier alpha value is -2.57. The molecule has 1 aliphatic rings. The van der Waals surface area contributed by atoms with Crippen molar-refractivity contribution in [1.82, 2.24) is 4.90 Å². The number of hydrogen-bond acceptors (Lipinski definition) is 5. The highest BCUT2D eigenvalue weighted by Crippen LogP contribution is 2.39. The number of amides is 1. The Labute approximate surface area is 146 Å². The SMILES string of the molecule is CC(C)(C)N1CCC(N=[N+]=[N-])[C@]1(C(N)=O)C(=O)OCc1ccccc1. The topological polar surface area (TPSA) is 121 Å². The lowest BCUT2D eigenvalue weighted by Crippen LogP contribution is -2.68. The number of nitrogens with two attached hydrogens (primary N) is 1. The van der Waals surface area contributed by atoms with Gasteiger partial charge in [0.25, 0.3) is 0 Å². The lowest BCUT2D eigenvalue weighted by molar-refractivity contribution is -0.166. The number of hydrogen-bond donors (Lipinski definition) is 1. The molecule has 1 aromatic rings. The predicted octanol–water partition coefficient (Wildman–Crippen LogP) is 2.14. The van der Waals surface area contributed by atoms with E-state index in [1.165, 1.54) is 0 Å². The van der Waals surface area contributed by atoms with E-state index in [4.69, 9.17) is 16.0 Å². The number of carbonyl (C=O) groups is 2. The summed E-state index contributed by atoms with van der Waals surface area (Å²) in [7, 11) is 0. The highest BCUT2D eigenvalue weighted by atomic mass is 16.5. The third kappa shape index (κ3) is 3.45. The van der Waals surface area contributed by atoms with Crippen molar-refractivity contribution in [3.8, 4) is 0 Å². The first kappa shape index (κ1) is 18.8. The van der Waals surface area contributed by atoms with E-state index in [9.17, 15) is 9.59 Å². The van der Waals surface area contributed by atoms with Gasteiger partial charge in [-0.15, -0.1) is 0 Å². The number of nitrogens with zero attached hydrogens (tertiary/aromatic N) is 4. The number of azide groups is 1. The first-order chi connectivity index (χ1) is 11.7. The Bertz CT molecular complexity index is 694. The zero-order valence-corrected chi connectivity index (χ0v) is 14.7. The molecule has 8 nitrogen and oxygen atoms in total.